The lowest BCUT2D eigenvalue weighted by Crippen LogP contribution is -2.54. The van der Waals surface area contributed by atoms with Crippen molar-refractivity contribution in [2.45, 2.75) is 44.2 Å². The van der Waals surface area contributed by atoms with Gasteiger partial charge in [-0.3, -0.25) is 0 Å². The van der Waals surface area contributed by atoms with Crippen LogP contribution in [0.1, 0.15) is 0 Å². The van der Waals surface area contributed by atoms with Gasteiger partial charge in [0.15, 0.2) is 0 Å². The van der Waals surface area contributed by atoms with Gasteiger partial charge < -0.3 is 0 Å². The second-order valence-corrected chi connectivity index (χ2v) is 20.7. The van der Waals surface area contributed by atoms with Crippen LogP contribution in [0.3, 0.4) is 0 Å². The summed E-state index contributed by atoms with van der Waals surface area (Å²) in [5.41, 5.74) is 0. The van der Waals surface area contributed by atoms with Crippen LogP contribution in [-0.4, -0.2) is 41.9 Å². The molecular formula is C9H28BPSi2. The van der Waals surface area contributed by atoms with E-state index in [2.05, 4.69) is 52.6 Å². The Bertz CT molecular complexity index is 140. The Morgan fingerprint density at radius 2 is 1.08 bits per heavy atom. The first-order chi connectivity index (χ1) is 5.37. The fourth-order valence-electron chi connectivity index (χ4n) is 2.85. The van der Waals surface area contributed by atoms with Crippen molar-refractivity contribution in [3.8, 4) is 0 Å². The molecule has 80 valence electrons. The van der Waals surface area contributed by atoms with Gasteiger partial charge in [0.2, 0.25) is 0 Å². The Hall–Kier alpha value is 0.929. The topological polar surface area (TPSA) is 0 Å². The van der Waals surface area contributed by atoms with Crippen molar-refractivity contribution in [1.82, 2.24) is 0 Å². The molecule has 0 spiro atoms. The third-order valence-electron chi connectivity index (χ3n) is 2.16. The molecule has 0 bridgehead atoms. The lowest BCUT2D eigenvalue weighted by Gasteiger charge is -2.46. The Labute approximate surface area is 88.6 Å². The SMILES string of the molecule is [BH3-][P+](C)(C)C([Si](C)(C)C)[Si](C)(C)C. The minimum Gasteiger partial charge on any atom is -0.168 e. The van der Waals surface area contributed by atoms with Crippen LogP contribution >= 0.6 is 7.14 Å². The van der Waals surface area contributed by atoms with Gasteiger partial charge in [-0.25, -0.2) is 0 Å². The molecule has 0 amide bonds. The third kappa shape index (κ3) is 4.31. The zero-order valence-corrected chi connectivity index (χ0v) is 12.9. The smallest absolute Gasteiger partial charge is 0.125 e. The van der Waals surface area contributed by atoms with Crippen molar-refractivity contribution in [2.24, 2.45) is 0 Å². The van der Waals surface area contributed by atoms with E-state index < -0.39 is 23.3 Å². The summed E-state index contributed by atoms with van der Waals surface area (Å²) in [5, 5.41) is 0. The number of hydrogen-bond acceptors (Lipinski definition) is 0. The van der Waals surface area contributed by atoms with Crippen LogP contribution in [0.2, 0.25) is 39.3 Å². The van der Waals surface area contributed by atoms with Crippen molar-refractivity contribution in [3.63, 3.8) is 0 Å². The average Bonchev–Trinajstić information content (AvgIpc) is 1.44. The first-order valence-electron chi connectivity index (χ1n) is 4.73. The fourth-order valence-corrected chi connectivity index (χ4v) is 25.6. The van der Waals surface area contributed by atoms with Crippen LogP contribution in [0.25, 0.3) is 0 Å². The van der Waals surface area contributed by atoms with Crippen LogP contribution < -0.4 is 0 Å². The van der Waals surface area contributed by atoms with Crippen molar-refractivity contribution < 1.29 is 0 Å². The molecule has 0 N–H and O–H groups in total. The summed E-state index contributed by atoms with van der Waals surface area (Å²) in [6.07, 6.45) is 0. The monoisotopic (exact) mass is 234 g/mol. The van der Waals surface area contributed by atoms with E-state index in [0.29, 0.717) is 7.57 Å². The molecule has 0 aromatic heterocycles. The van der Waals surface area contributed by atoms with Crippen molar-refractivity contribution in [2.75, 3.05) is 13.3 Å². The standard InChI is InChI=1S/C9H28BPSi2/c1-11(2,10)9(12(3,4)5)13(6,7)8/h9H,1-8,10H3. The second-order valence-electron chi connectivity index (χ2n) is 6.10. The molecule has 0 saturated carbocycles. The summed E-state index contributed by atoms with van der Waals surface area (Å²) >= 11 is 0. The molecule has 13 heavy (non-hydrogen) atoms. The van der Waals surface area contributed by atoms with Crippen molar-refractivity contribution in [1.29, 1.82) is 0 Å². The maximum atomic E-state index is 2.65. The van der Waals surface area contributed by atoms with Crippen molar-refractivity contribution in [3.05, 3.63) is 0 Å². The molecule has 0 aliphatic carbocycles. The minimum absolute atomic E-state index is 0.395. The van der Waals surface area contributed by atoms with Crippen LogP contribution in [0.15, 0.2) is 0 Å². The molecule has 4 heteroatoms. The molecule has 0 fully saturated rings. The van der Waals surface area contributed by atoms with Gasteiger partial charge in [0.05, 0.1) is 16.1 Å². The molecule has 0 atom stereocenters. The van der Waals surface area contributed by atoms with Gasteiger partial charge in [-0.2, -0.15) is 7.14 Å². The van der Waals surface area contributed by atoms with Gasteiger partial charge in [-0.1, -0.05) is 39.3 Å². The summed E-state index contributed by atoms with van der Waals surface area (Å²) in [6.45, 7) is 20.9. The highest BCUT2D eigenvalue weighted by molar-refractivity contribution is 8.00. The van der Waals surface area contributed by atoms with E-state index >= 15 is 0 Å². The van der Waals surface area contributed by atoms with Crippen molar-refractivity contribution >= 4 is 30.9 Å². The van der Waals surface area contributed by atoms with Crippen LogP contribution in [-0.2, 0) is 0 Å². The Balaban J connectivity index is 5.02. The van der Waals surface area contributed by atoms with Gasteiger partial charge >= 0.3 is 0 Å². The van der Waals surface area contributed by atoms with Gasteiger partial charge in [0.25, 0.3) is 0 Å². The number of rotatable bonds is 3. The van der Waals surface area contributed by atoms with Crippen LogP contribution in [0, 0.1) is 0 Å². The largest absolute Gasteiger partial charge is 0.168 e. The van der Waals surface area contributed by atoms with Crippen LogP contribution in [0.5, 0.6) is 0 Å². The Morgan fingerprint density at radius 3 is 1.08 bits per heavy atom. The van der Waals surface area contributed by atoms with E-state index in [4.69, 9.17) is 0 Å². The van der Waals surface area contributed by atoms with E-state index in [-0.39, 0.29) is 0 Å². The zero-order chi connectivity index (χ0) is 11.1. The molecule has 0 heterocycles. The Morgan fingerprint density at radius 1 is 0.846 bits per heavy atom. The normalized spacial score (nSPS) is 15.2. The quantitative estimate of drug-likeness (QED) is 0.520. The summed E-state index contributed by atoms with van der Waals surface area (Å²) in [7, 11) is -1.58. The molecule has 0 aliphatic heterocycles. The summed E-state index contributed by atoms with van der Waals surface area (Å²) < 4.78 is 0. The molecule has 0 rings (SSSR count). The summed E-state index contributed by atoms with van der Waals surface area (Å²) in [4.78, 5) is 1.23. The minimum atomic E-state index is -0.884. The predicted molar refractivity (Wildman–Crippen MR) is 79.2 cm³/mol. The lowest BCUT2D eigenvalue weighted by atomic mass is 10.8. The highest BCUT2D eigenvalue weighted by Crippen LogP contribution is 2.57. The predicted octanol–water partition coefficient (Wildman–Crippen LogP) is 2.67. The molecule has 0 aromatic rings. The number of hydrogen-bond donors (Lipinski definition) is 0. The van der Waals surface area contributed by atoms with E-state index in [9.17, 15) is 0 Å². The first kappa shape index (κ1) is 13.9. The molecule has 0 unspecified atom stereocenters. The Kier molecular flexibility index (Phi) is 4.10. The van der Waals surface area contributed by atoms with E-state index in [1.807, 2.05) is 0 Å². The molecule has 0 nitrogen and oxygen atoms in total. The highest BCUT2D eigenvalue weighted by atomic mass is 31.2. The van der Waals surface area contributed by atoms with Gasteiger partial charge in [0.1, 0.15) is 7.57 Å². The third-order valence-corrected chi connectivity index (χ3v) is 19.4. The molecule has 0 radical (unpaired) electrons. The molecule has 0 aromatic carbocycles. The fraction of sp³-hybridized carbons (Fsp3) is 1.00. The summed E-state index contributed by atoms with van der Waals surface area (Å²) in [6, 6.07) is 0. The lowest BCUT2D eigenvalue weighted by molar-refractivity contribution is 1.44. The van der Waals surface area contributed by atoms with Gasteiger partial charge in [-0.15, -0.1) is 0 Å². The van der Waals surface area contributed by atoms with Gasteiger partial charge in [0, 0.05) is 18.2 Å². The first-order valence-corrected chi connectivity index (χ1v) is 14.2. The van der Waals surface area contributed by atoms with E-state index in [1.54, 1.807) is 0 Å². The zero-order valence-electron chi connectivity index (χ0n) is 10.0. The maximum Gasteiger partial charge on any atom is 0.125 e. The van der Waals surface area contributed by atoms with E-state index in [1.165, 1.54) is 4.91 Å². The molecule has 0 aliphatic rings. The van der Waals surface area contributed by atoms with Gasteiger partial charge in [-0.05, 0) is 0 Å². The van der Waals surface area contributed by atoms with Crippen LogP contribution in [0.4, 0.5) is 0 Å². The highest BCUT2D eigenvalue weighted by Gasteiger charge is 2.45. The second kappa shape index (κ2) is 3.83. The maximum absolute atomic E-state index is 2.65. The summed E-state index contributed by atoms with van der Waals surface area (Å²) in [5.74, 6) is 0. The average molecular weight is 234 g/mol. The molecule has 0 saturated heterocycles. The van der Waals surface area contributed by atoms with E-state index in [0.717, 1.165) is 0 Å². The molecular weight excluding hydrogens is 206 g/mol.